The van der Waals surface area contributed by atoms with Gasteiger partial charge in [-0.2, -0.15) is 8.42 Å². The molecule has 9 nitrogen and oxygen atoms in total. The van der Waals surface area contributed by atoms with Gasteiger partial charge in [0.25, 0.3) is 0 Å². The van der Waals surface area contributed by atoms with Gasteiger partial charge in [0.05, 0.1) is 6.61 Å². The third kappa shape index (κ3) is 3.09. The van der Waals surface area contributed by atoms with E-state index in [0.29, 0.717) is 0 Å². The monoisotopic (exact) mass is 260 g/mol. The van der Waals surface area contributed by atoms with Crippen molar-refractivity contribution in [3.8, 4) is 0 Å². The molecule has 1 heterocycles. The Morgan fingerprint density at radius 2 is 1.94 bits per heavy atom. The van der Waals surface area contributed by atoms with Crippen LogP contribution in [0.5, 0.6) is 0 Å². The summed E-state index contributed by atoms with van der Waals surface area (Å²) >= 11 is 0. The van der Waals surface area contributed by atoms with Crippen molar-refractivity contribution >= 4 is 10.4 Å². The first-order valence-corrected chi connectivity index (χ1v) is 5.59. The van der Waals surface area contributed by atoms with Crippen molar-refractivity contribution in [2.24, 2.45) is 0 Å². The maximum absolute atomic E-state index is 10.4. The first-order chi connectivity index (χ1) is 7.26. The second-order valence-corrected chi connectivity index (χ2v) is 4.27. The van der Waals surface area contributed by atoms with Crippen LogP contribution in [0.2, 0.25) is 0 Å². The minimum atomic E-state index is -4.87. The normalized spacial score (nSPS) is 37.6. The summed E-state index contributed by atoms with van der Waals surface area (Å²) in [7, 11) is -4.87. The molecule has 16 heavy (non-hydrogen) atoms. The molecule has 1 rings (SSSR count). The number of hydrogen-bond acceptors (Lipinski definition) is 8. The summed E-state index contributed by atoms with van der Waals surface area (Å²) in [6.07, 6.45) is -8.24. The van der Waals surface area contributed by atoms with Gasteiger partial charge >= 0.3 is 10.4 Å². The molecule has 1 fully saturated rings. The van der Waals surface area contributed by atoms with Gasteiger partial charge < -0.3 is 25.2 Å². The van der Waals surface area contributed by atoms with Crippen molar-refractivity contribution in [3.63, 3.8) is 0 Å². The first-order valence-electron chi connectivity index (χ1n) is 4.22. The minimum Gasteiger partial charge on any atom is -0.394 e. The molecular formula is C6H12O9S. The number of hydrogen-bond donors (Lipinski definition) is 5. The number of rotatable bonds is 4. The van der Waals surface area contributed by atoms with E-state index in [2.05, 4.69) is 8.92 Å². The molecule has 1 aliphatic heterocycles. The van der Waals surface area contributed by atoms with Crippen LogP contribution in [0.4, 0.5) is 0 Å². The van der Waals surface area contributed by atoms with Gasteiger partial charge in [-0.15, -0.1) is 0 Å². The van der Waals surface area contributed by atoms with Crippen molar-refractivity contribution in [1.82, 2.24) is 0 Å². The highest BCUT2D eigenvalue weighted by molar-refractivity contribution is 7.80. The number of aliphatic hydroxyl groups is 4. The fourth-order valence-corrected chi connectivity index (χ4v) is 1.83. The minimum absolute atomic E-state index is 0.757. The van der Waals surface area contributed by atoms with E-state index in [4.69, 9.17) is 19.9 Å². The molecule has 0 aromatic carbocycles. The average Bonchev–Trinajstić information content (AvgIpc) is 2.42. The predicted octanol–water partition coefficient (Wildman–Crippen LogP) is -3.39. The second-order valence-electron chi connectivity index (χ2n) is 3.22. The van der Waals surface area contributed by atoms with Crippen LogP contribution in [0.3, 0.4) is 0 Å². The van der Waals surface area contributed by atoms with E-state index < -0.39 is 47.7 Å². The Labute approximate surface area is 90.8 Å². The van der Waals surface area contributed by atoms with Gasteiger partial charge in [-0.25, -0.2) is 4.18 Å². The van der Waals surface area contributed by atoms with Crippen molar-refractivity contribution in [1.29, 1.82) is 0 Å². The fraction of sp³-hybridized carbons (Fsp3) is 1.00. The van der Waals surface area contributed by atoms with Crippen molar-refractivity contribution < 1.29 is 42.3 Å². The van der Waals surface area contributed by atoms with Crippen LogP contribution in [0.25, 0.3) is 0 Å². The van der Waals surface area contributed by atoms with E-state index in [1.54, 1.807) is 0 Å². The summed E-state index contributed by atoms with van der Waals surface area (Å²) in [6, 6.07) is 0. The van der Waals surface area contributed by atoms with Gasteiger partial charge in [-0.05, 0) is 0 Å². The molecule has 0 bridgehead atoms. The summed E-state index contributed by atoms with van der Waals surface area (Å²) in [5.41, 5.74) is 0. The molecule has 0 saturated carbocycles. The van der Waals surface area contributed by atoms with E-state index in [0.717, 1.165) is 0 Å². The summed E-state index contributed by atoms with van der Waals surface area (Å²) in [5, 5.41) is 36.3. The lowest BCUT2D eigenvalue weighted by atomic mass is 10.1. The summed E-state index contributed by atoms with van der Waals surface area (Å²) in [5.74, 6) is 0. The van der Waals surface area contributed by atoms with Gasteiger partial charge in [0.1, 0.15) is 18.3 Å². The number of ether oxygens (including phenoxy) is 1. The standard InChI is InChI=1S/C6H12O9S/c7-1-2(8)4-3(9)5(6(10)14-4)15-16(11,12)13/h2-10H,1H2,(H,11,12,13)/t2-,3+,4-,5+,6?/m1/s1. The van der Waals surface area contributed by atoms with Gasteiger partial charge in [-0.3, -0.25) is 4.55 Å². The molecular weight excluding hydrogens is 248 g/mol. The fourth-order valence-electron chi connectivity index (χ4n) is 1.34. The summed E-state index contributed by atoms with van der Waals surface area (Å²) in [6.45, 7) is -0.757. The van der Waals surface area contributed by atoms with Gasteiger partial charge in [0.2, 0.25) is 0 Å². The molecule has 96 valence electrons. The molecule has 0 amide bonds. The molecule has 0 aromatic rings. The van der Waals surface area contributed by atoms with Crippen molar-refractivity contribution in [3.05, 3.63) is 0 Å². The van der Waals surface area contributed by atoms with Crippen LogP contribution >= 0.6 is 0 Å². The largest absolute Gasteiger partial charge is 0.397 e. The molecule has 0 aliphatic carbocycles. The van der Waals surface area contributed by atoms with Gasteiger partial charge in [0, 0.05) is 0 Å². The van der Waals surface area contributed by atoms with Crippen LogP contribution < -0.4 is 0 Å². The molecule has 1 unspecified atom stereocenters. The topological polar surface area (TPSA) is 154 Å². The first kappa shape index (κ1) is 13.7. The Balaban J connectivity index is 2.75. The van der Waals surface area contributed by atoms with Crippen LogP contribution in [0.1, 0.15) is 0 Å². The SMILES string of the molecule is O=S(=O)(O)O[C@@H]1C(O)O[C@H]([C@H](O)CO)[C@@H]1O. The molecule has 1 saturated heterocycles. The second kappa shape index (κ2) is 4.89. The highest BCUT2D eigenvalue weighted by Gasteiger charge is 2.48. The molecule has 5 N–H and O–H groups in total. The lowest BCUT2D eigenvalue weighted by Gasteiger charge is -2.19. The van der Waals surface area contributed by atoms with E-state index in [1.165, 1.54) is 0 Å². The Hall–Kier alpha value is -0.330. The molecule has 10 heteroatoms. The Kier molecular flexibility index (Phi) is 4.20. The zero-order chi connectivity index (χ0) is 12.5. The molecule has 0 radical (unpaired) electrons. The third-order valence-electron chi connectivity index (χ3n) is 2.05. The number of aliphatic hydroxyl groups excluding tert-OH is 4. The maximum Gasteiger partial charge on any atom is 0.397 e. The summed E-state index contributed by atoms with van der Waals surface area (Å²) < 4.78 is 37.6. The van der Waals surface area contributed by atoms with Crippen molar-refractivity contribution in [2.45, 2.75) is 30.7 Å². The maximum atomic E-state index is 10.4. The van der Waals surface area contributed by atoms with Gasteiger partial charge in [-0.1, -0.05) is 0 Å². The van der Waals surface area contributed by atoms with Crippen molar-refractivity contribution in [2.75, 3.05) is 6.61 Å². The zero-order valence-electron chi connectivity index (χ0n) is 7.87. The Morgan fingerprint density at radius 3 is 2.38 bits per heavy atom. The lowest BCUT2D eigenvalue weighted by molar-refractivity contribution is -0.147. The van der Waals surface area contributed by atoms with E-state index in [-0.39, 0.29) is 0 Å². The third-order valence-corrected chi connectivity index (χ3v) is 2.52. The smallest absolute Gasteiger partial charge is 0.394 e. The average molecular weight is 260 g/mol. The molecule has 5 atom stereocenters. The lowest BCUT2D eigenvalue weighted by Crippen LogP contribution is -2.42. The quantitative estimate of drug-likeness (QED) is 0.325. The molecule has 1 aliphatic rings. The van der Waals surface area contributed by atoms with E-state index >= 15 is 0 Å². The zero-order valence-corrected chi connectivity index (χ0v) is 8.69. The molecule has 0 spiro atoms. The highest BCUT2D eigenvalue weighted by Crippen LogP contribution is 2.25. The molecule has 0 aromatic heterocycles. The highest BCUT2D eigenvalue weighted by atomic mass is 32.3. The predicted molar refractivity (Wildman–Crippen MR) is 46.4 cm³/mol. The van der Waals surface area contributed by atoms with E-state index in [1.807, 2.05) is 0 Å². The van der Waals surface area contributed by atoms with Crippen LogP contribution in [-0.4, -0.2) is 70.7 Å². The van der Waals surface area contributed by atoms with Crippen LogP contribution in [0, 0.1) is 0 Å². The Bertz CT molecular complexity index is 327. The van der Waals surface area contributed by atoms with Crippen LogP contribution in [-0.2, 0) is 19.3 Å². The summed E-state index contributed by atoms with van der Waals surface area (Å²) in [4.78, 5) is 0. The van der Waals surface area contributed by atoms with Gasteiger partial charge in [0.15, 0.2) is 12.4 Å². The Morgan fingerprint density at radius 1 is 1.38 bits per heavy atom. The van der Waals surface area contributed by atoms with E-state index in [9.17, 15) is 13.5 Å². The van der Waals surface area contributed by atoms with Crippen LogP contribution in [0.15, 0.2) is 0 Å².